The van der Waals surface area contributed by atoms with E-state index in [0.717, 1.165) is 50.0 Å². The highest BCUT2D eigenvalue weighted by Crippen LogP contribution is 2.37. The maximum atomic E-state index is 15.4. The van der Waals surface area contributed by atoms with E-state index in [1.54, 1.807) is 30.4 Å². The number of morpholine rings is 1. The van der Waals surface area contributed by atoms with Gasteiger partial charge in [0.15, 0.2) is 0 Å². The van der Waals surface area contributed by atoms with Crippen molar-refractivity contribution in [1.29, 1.82) is 0 Å². The summed E-state index contributed by atoms with van der Waals surface area (Å²) in [5.41, 5.74) is 7.14. The van der Waals surface area contributed by atoms with Crippen LogP contribution in [0.3, 0.4) is 0 Å². The third-order valence-electron chi connectivity index (χ3n) is 9.14. The van der Waals surface area contributed by atoms with Crippen LogP contribution in [-0.2, 0) is 37.6 Å². The number of amides is 1. The molecular formula is C34H37FN6O3. The van der Waals surface area contributed by atoms with Crippen LogP contribution >= 0.6 is 0 Å². The predicted molar refractivity (Wildman–Crippen MR) is 170 cm³/mol. The fourth-order valence-electron chi connectivity index (χ4n) is 6.91. The molecule has 0 saturated carbocycles. The van der Waals surface area contributed by atoms with E-state index in [4.69, 9.17) is 4.74 Å². The second-order valence-electron chi connectivity index (χ2n) is 11.8. The van der Waals surface area contributed by atoms with Crippen molar-refractivity contribution in [3.05, 3.63) is 87.5 Å². The number of carbonyl (C=O) groups is 1. The van der Waals surface area contributed by atoms with Crippen molar-refractivity contribution >= 4 is 28.8 Å². The largest absolute Gasteiger partial charge is 0.378 e. The van der Waals surface area contributed by atoms with Gasteiger partial charge in [-0.15, -0.1) is 0 Å². The van der Waals surface area contributed by atoms with Crippen LogP contribution < -0.4 is 20.7 Å². The van der Waals surface area contributed by atoms with Gasteiger partial charge in [0.25, 0.3) is 11.5 Å². The first-order chi connectivity index (χ1) is 21.4. The monoisotopic (exact) mass is 596 g/mol. The summed E-state index contributed by atoms with van der Waals surface area (Å²) in [5, 5.41) is 3.18. The number of pyridine rings is 2. The molecular weight excluding hydrogens is 559 g/mol. The summed E-state index contributed by atoms with van der Waals surface area (Å²) in [4.78, 5) is 35.5. The number of ether oxygens (including phenoxy) is 1. The van der Waals surface area contributed by atoms with Crippen LogP contribution in [0.25, 0.3) is 11.1 Å². The Hall–Kier alpha value is -4.44. The van der Waals surface area contributed by atoms with Gasteiger partial charge in [-0.2, -0.15) is 0 Å². The van der Waals surface area contributed by atoms with Crippen molar-refractivity contribution in [2.75, 3.05) is 48.0 Å². The minimum Gasteiger partial charge on any atom is -0.378 e. The number of aromatic nitrogens is 3. The van der Waals surface area contributed by atoms with Crippen molar-refractivity contribution in [2.24, 2.45) is 7.05 Å². The van der Waals surface area contributed by atoms with Gasteiger partial charge in [-0.3, -0.25) is 9.59 Å². The molecule has 0 bridgehead atoms. The average Bonchev–Trinajstić information content (AvgIpc) is 3.43. The second kappa shape index (κ2) is 11.6. The molecule has 0 radical (unpaired) electrons. The van der Waals surface area contributed by atoms with E-state index in [1.165, 1.54) is 28.0 Å². The summed E-state index contributed by atoms with van der Waals surface area (Å²) in [6.45, 7) is 6.18. The van der Waals surface area contributed by atoms with E-state index in [2.05, 4.69) is 19.8 Å². The van der Waals surface area contributed by atoms with E-state index in [9.17, 15) is 9.59 Å². The average molecular weight is 597 g/mol. The van der Waals surface area contributed by atoms with Crippen LogP contribution in [0.2, 0.25) is 0 Å². The van der Waals surface area contributed by atoms with E-state index < -0.39 is 5.82 Å². The minimum atomic E-state index is -0.427. The first kappa shape index (κ1) is 28.3. The molecule has 44 heavy (non-hydrogen) atoms. The highest BCUT2D eigenvalue weighted by Gasteiger charge is 2.32. The number of anilines is 4. The summed E-state index contributed by atoms with van der Waals surface area (Å²) in [6, 6.07) is 10.6. The molecule has 1 aliphatic carbocycles. The van der Waals surface area contributed by atoms with Crippen LogP contribution in [-0.4, -0.2) is 52.9 Å². The molecule has 9 nitrogen and oxygen atoms in total. The fourth-order valence-corrected chi connectivity index (χ4v) is 6.91. The molecule has 3 aromatic heterocycles. The standard InChI is InChI=1S/C34H37FN6O3/c1-3-26-27(18-24(35)19-30(26)41-11-10-40-29-7-5-4-6-22(29)17-31(40)34(41)43)23-16-28(33(42)38(2)21-23)37-32-9-8-25(20-36-32)39-12-14-44-15-13-39/h8-9,16-21H,3-7,10-15H2,1-2H3,(H,36,37). The van der Waals surface area contributed by atoms with E-state index in [0.29, 0.717) is 66.7 Å². The molecule has 0 spiro atoms. The molecule has 1 N–H and O–H groups in total. The van der Waals surface area contributed by atoms with Gasteiger partial charge in [0, 0.05) is 50.7 Å². The van der Waals surface area contributed by atoms with Gasteiger partial charge in [0.2, 0.25) is 0 Å². The van der Waals surface area contributed by atoms with Gasteiger partial charge in [-0.25, -0.2) is 9.37 Å². The van der Waals surface area contributed by atoms with Crippen molar-refractivity contribution in [3.8, 4) is 11.1 Å². The molecule has 1 saturated heterocycles. The van der Waals surface area contributed by atoms with Gasteiger partial charge >= 0.3 is 0 Å². The van der Waals surface area contributed by atoms with Crippen LogP contribution in [0.5, 0.6) is 0 Å². The summed E-state index contributed by atoms with van der Waals surface area (Å²) >= 11 is 0. The number of rotatable bonds is 6. The number of hydrogen-bond acceptors (Lipinski definition) is 6. The van der Waals surface area contributed by atoms with Crippen molar-refractivity contribution in [2.45, 2.75) is 45.6 Å². The van der Waals surface area contributed by atoms with Gasteiger partial charge < -0.3 is 29.0 Å². The van der Waals surface area contributed by atoms with Crippen LogP contribution in [0.4, 0.5) is 27.3 Å². The summed E-state index contributed by atoms with van der Waals surface area (Å²) in [5.74, 6) is 0.0202. The van der Waals surface area contributed by atoms with E-state index in [-0.39, 0.29) is 11.5 Å². The number of nitrogens with zero attached hydrogens (tertiary/aromatic N) is 5. The maximum Gasteiger partial charge on any atom is 0.274 e. The quantitative estimate of drug-likeness (QED) is 0.335. The van der Waals surface area contributed by atoms with Gasteiger partial charge in [0.1, 0.15) is 23.0 Å². The maximum absolute atomic E-state index is 15.4. The second-order valence-corrected chi connectivity index (χ2v) is 11.8. The third kappa shape index (κ3) is 5.06. The first-order valence-electron chi connectivity index (χ1n) is 15.5. The molecule has 5 heterocycles. The van der Waals surface area contributed by atoms with Gasteiger partial charge in [-0.1, -0.05) is 6.92 Å². The number of carbonyl (C=O) groups excluding carboxylic acids is 1. The van der Waals surface area contributed by atoms with Gasteiger partial charge in [-0.05, 0) is 85.2 Å². The van der Waals surface area contributed by atoms with Gasteiger partial charge in [0.05, 0.1) is 30.8 Å². The van der Waals surface area contributed by atoms with Crippen LogP contribution in [0, 0.1) is 5.82 Å². The summed E-state index contributed by atoms with van der Waals surface area (Å²) in [7, 11) is 1.68. The fraction of sp³-hybridized carbons (Fsp3) is 0.382. The Morgan fingerprint density at radius 1 is 1.00 bits per heavy atom. The zero-order valence-electron chi connectivity index (χ0n) is 25.2. The highest BCUT2D eigenvalue weighted by atomic mass is 19.1. The minimum absolute atomic E-state index is 0.0914. The smallest absolute Gasteiger partial charge is 0.274 e. The Morgan fingerprint density at radius 3 is 2.59 bits per heavy atom. The molecule has 1 aromatic carbocycles. The van der Waals surface area contributed by atoms with E-state index >= 15 is 4.39 Å². The molecule has 2 aliphatic heterocycles. The molecule has 228 valence electrons. The molecule has 3 aliphatic rings. The number of hydrogen-bond donors (Lipinski definition) is 1. The Labute approximate surface area is 255 Å². The molecule has 7 rings (SSSR count). The number of benzene rings is 1. The Balaban J connectivity index is 1.22. The molecule has 0 unspecified atom stereocenters. The van der Waals surface area contributed by atoms with Crippen molar-refractivity contribution in [1.82, 2.24) is 14.1 Å². The topological polar surface area (TPSA) is 84.6 Å². The zero-order chi connectivity index (χ0) is 30.4. The predicted octanol–water partition coefficient (Wildman–Crippen LogP) is 5.07. The molecule has 4 aromatic rings. The number of fused-ring (bicyclic) bond motifs is 3. The first-order valence-corrected chi connectivity index (χ1v) is 15.5. The lowest BCUT2D eigenvalue weighted by molar-refractivity contribution is 0.0964. The Bertz CT molecular complexity index is 1790. The van der Waals surface area contributed by atoms with Crippen LogP contribution in [0.1, 0.15) is 47.1 Å². The number of aryl methyl sites for hydroxylation is 2. The molecule has 1 amide bonds. The normalized spacial score (nSPS) is 16.6. The molecule has 1 fully saturated rings. The van der Waals surface area contributed by atoms with Crippen LogP contribution in [0.15, 0.2) is 53.6 Å². The Kier molecular flexibility index (Phi) is 7.45. The highest BCUT2D eigenvalue weighted by molar-refractivity contribution is 6.07. The lowest BCUT2D eigenvalue weighted by Crippen LogP contribution is -2.41. The van der Waals surface area contributed by atoms with Crippen molar-refractivity contribution < 1.29 is 13.9 Å². The summed E-state index contributed by atoms with van der Waals surface area (Å²) in [6.07, 6.45) is 8.40. The Morgan fingerprint density at radius 2 is 1.82 bits per heavy atom. The number of nitrogens with one attached hydrogen (secondary N) is 1. The number of halogens is 1. The molecule has 10 heteroatoms. The zero-order valence-corrected chi connectivity index (χ0v) is 25.2. The lowest BCUT2D eigenvalue weighted by Gasteiger charge is -2.32. The van der Waals surface area contributed by atoms with E-state index in [1.807, 2.05) is 25.1 Å². The third-order valence-corrected chi connectivity index (χ3v) is 9.14. The molecule has 0 atom stereocenters. The lowest BCUT2D eigenvalue weighted by atomic mass is 9.95. The summed E-state index contributed by atoms with van der Waals surface area (Å²) < 4.78 is 24.5. The van der Waals surface area contributed by atoms with Crippen molar-refractivity contribution in [3.63, 3.8) is 0 Å². The SMILES string of the molecule is CCc1c(-c2cc(Nc3ccc(N4CCOCC4)cn3)c(=O)n(C)c2)cc(F)cc1N1CCn2c(cc3c2CCCC3)C1=O.